The maximum atomic E-state index is 13.8. The summed E-state index contributed by atoms with van der Waals surface area (Å²) in [5.74, 6) is -0.730. The van der Waals surface area contributed by atoms with Crippen molar-refractivity contribution in [3.05, 3.63) is 59.7 Å². The molecule has 0 bridgehead atoms. The molecule has 0 saturated carbocycles. The number of hydrogen-bond donors (Lipinski definition) is 1. The topological polar surface area (TPSA) is 87.0 Å². The fraction of sp³-hybridized carbons (Fsp3) is 0.519. The second-order valence-electron chi connectivity index (χ2n) is 9.84. The number of unbranched alkanes of at least 4 members (excludes halogenated alkanes) is 1. The molecular weight excluding hydrogens is 460 g/mol. The largest absolute Gasteiger partial charge is 0.371 e. The zero-order valence-electron chi connectivity index (χ0n) is 20.9. The van der Waals surface area contributed by atoms with E-state index in [0.29, 0.717) is 39.3 Å². The summed E-state index contributed by atoms with van der Waals surface area (Å²) in [5, 5.41) is 0. The van der Waals surface area contributed by atoms with Gasteiger partial charge >= 0.3 is 0 Å². The number of aryl methyl sites for hydroxylation is 2. The average molecular weight is 499 g/mol. The highest BCUT2D eigenvalue weighted by molar-refractivity contribution is 7.91. The van der Waals surface area contributed by atoms with Crippen molar-refractivity contribution in [1.29, 1.82) is 0 Å². The van der Waals surface area contributed by atoms with E-state index in [1.165, 1.54) is 28.3 Å². The van der Waals surface area contributed by atoms with Gasteiger partial charge < -0.3 is 15.5 Å². The SMILES string of the molecule is CCCCc1ccc(N2CCN(S(=O)(=O)C3(C(N)=O)CCN(c4ccc(C)cc4)CC3)CC2)cc1. The summed E-state index contributed by atoms with van der Waals surface area (Å²) in [6.45, 7) is 7.10. The van der Waals surface area contributed by atoms with Crippen molar-refractivity contribution >= 4 is 27.3 Å². The molecule has 7 nitrogen and oxygen atoms in total. The molecule has 0 unspecified atom stereocenters. The highest BCUT2D eigenvalue weighted by Crippen LogP contribution is 2.35. The Balaban J connectivity index is 1.41. The minimum absolute atomic E-state index is 0.206. The van der Waals surface area contributed by atoms with E-state index < -0.39 is 20.7 Å². The normalized spacial score (nSPS) is 19.0. The van der Waals surface area contributed by atoms with Gasteiger partial charge in [-0.05, 0) is 62.4 Å². The van der Waals surface area contributed by atoms with Gasteiger partial charge in [0.2, 0.25) is 15.9 Å². The summed E-state index contributed by atoms with van der Waals surface area (Å²) in [6.07, 6.45) is 3.85. The van der Waals surface area contributed by atoms with E-state index in [2.05, 4.69) is 41.0 Å². The maximum Gasteiger partial charge on any atom is 0.240 e. The van der Waals surface area contributed by atoms with Gasteiger partial charge in [0.25, 0.3) is 0 Å². The quantitative estimate of drug-likeness (QED) is 0.603. The lowest BCUT2D eigenvalue weighted by atomic mass is 9.94. The van der Waals surface area contributed by atoms with Gasteiger partial charge in [-0.1, -0.05) is 43.2 Å². The Kier molecular flexibility index (Phi) is 7.71. The molecule has 2 aromatic carbocycles. The Morgan fingerprint density at radius 1 is 0.857 bits per heavy atom. The number of piperazine rings is 1. The Morgan fingerprint density at radius 2 is 1.37 bits per heavy atom. The highest BCUT2D eigenvalue weighted by atomic mass is 32.2. The molecule has 190 valence electrons. The molecule has 2 fully saturated rings. The highest BCUT2D eigenvalue weighted by Gasteiger charge is 2.54. The molecule has 2 aliphatic rings. The average Bonchev–Trinajstić information content (AvgIpc) is 2.88. The van der Waals surface area contributed by atoms with Crippen LogP contribution in [0.4, 0.5) is 11.4 Å². The predicted octanol–water partition coefficient (Wildman–Crippen LogP) is 3.31. The van der Waals surface area contributed by atoms with Crippen molar-refractivity contribution in [3.8, 4) is 0 Å². The van der Waals surface area contributed by atoms with Gasteiger partial charge in [0.05, 0.1) is 0 Å². The molecule has 0 radical (unpaired) electrons. The van der Waals surface area contributed by atoms with Gasteiger partial charge in [-0.3, -0.25) is 4.79 Å². The Hall–Kier alpha value is -2.58. The predicted molar refractivity (Wildman–Crippen MR) is 142 cm³/mol. The fourth-order valence-electron chi connectivity index (χ4n) is 5.20. The monoisotopic (exact) mass is 498 g/mol. The maximum absolute atomic E-state index is 13.8. The van der Waals surface area contributed by atoms with Crippen LogP contribution < -0.4 is 15.5 Å². The van der Waals surface area contributed by atoms with Gasteiger partial charge in [-0.25, -0.2) is 8.42 Å². The summed E-state index contributed by atoms with van der Waals surface area (Å²) in [7, 11) is -3.88. The number of piperidine rings is 1. The molecule has 2 N–H and O–H groups in total. The molecule has 0 spiro atoms. The Morgan fingerprint density at radius 3 is 1.89 bits per heavy atom. The number of nitrogens with two attached hydrogens (primary N) is 1. The van der Waals surface area contributed by atoms with Gasteiger partial charge in [-0.2, -0.15) is 4.31 Å². The van der Waals surface area contributed by atoms with Crippen molar-refractivity contribution in [2.24, 2.45) is 5.73 Å². The molecule has 4 rings (SSSR count). The number of carbonyl (C=O) groups is 1. The number of rotatable bonds is 8. The van der Waals surface area contributed by atoms with Gasteiger partial charge in [0.1, 0.15) is 0 Å². The first-order valence-corrected chi connectivity index (χ1v) is 14.2. The third-order valence-electron chi connectivity index (χ3n) is 7.61. The van der Waals surface area contributed by atoms with Crippen LogP contribution in [0.25, 0.3) is 0 Å². The van der Waals surface area contributed by atoms with Crippen molar-refractivity contribution in [3.63, 3.8) is 0 Å². The summed E-state index contributed by atoms with van der Waals surface area (Å²) in [5.41, 5.74) is 10.4. The van der Waals surface area contributed by atoms with E-state index in [1.54, 1.807) is 0 Å². The van der Waals surface area contributed by atoms with Crippen LogP contribution in [-0.4, -0.2) is 62.6 Å². The Bertz CT molecular complexity index is 1100. The number of hydrogen-bond acceptors (Lipinski definition) is 5. The zero-order chi connectivity index (χ0) is 25.1. The molecular formula is C27H38N4O3S. The van der Waals surface area contributed by atoms with Crippen LogP contribution in [-0.2, 0) is 21.2 Å². The summed E-state index contributed by atoms with van der Waals surface area (Å²) in [4.78, 5) is 17.0. The van der Waals surface area contributed by atoms with Crippen LogP contribution in [0, 0.1) is 6.92 Å². The first-order valence-electron chi connectivity index (χ1n) is 12.7. The molecule has 0 aromatic heterocycles. The van der Waals surface area contributed by atoms with Gasteiger partial charge in [0, 0.05) is 50.6 Å². The van der Waals surface area contributed by atoms with Crippen molar-refractivity contribution in [1.82, 2.24) is 4.31 Å². The number of nitrogens with zero attached hydrogens (tertiary/aromatic N) is 3. The van der Waals surface area contributed by atoms with Crippen LogP contribution in [0.5, 0.6) is 0 Å². The number of benzene rings is 2. The van der Waals surface area contributed by atoms with E-state index in [-0.39, 0.29) is 12.8 Å². The van der Waals surface area contributed by atoms with Crippen LogP contribution in [0.1, 0.15) is 43.7 Å². The molecule has 35 heavy (non-hydrogen) atoms. The number of sulfonamides is 1. The smallest absolute Gasteiger partial charge is 0.240 e. The zero-order valence-corrected chi connectivity index (χ0v) is 21.8. The second kappa shape index (κ2) is 10.6. The van der Waals surface area contributed by atoms with Crippen LogP contribution in [0.15, 0.2) is 48.5 Å². The summed E-state index contributed by atoms with van der Waals surface area (Å²) >= 11 is 0. The number of carbonyl (C=O) groups excluding carboxylic acids is 1. The third-order valence-corrected chi connectivity index (χ3v) is 10.3. The van der Waals surface area contributed by atoms with Crippen LogP contribution in [0.2, 0.25) is 0 Å². The minimum atomic E-state index is -3.88. The molecule has 2 heterocycles. The first kappa shape index (κ1) is 25.5. The molecule has 2 aliphatic heterocycles. The second-order valence-corrected chi connectivity index (χ2v) is 12.1. The van der Waals surface area contributed by atoms with Crippen molar-refractivity contribution in [2.75, 3.05) is 49.1 Å². The van der Waals surface area contributed by atoms with Crippen molar-refractivity contribution in [2.45, 2.75) is 50.7 Å². The molecule has 8 heteroatoms. The Labute approximate surface area is 209 Å². The number of anilines is 2. The van der Waals surface area contributed by atoms with E-state index in [9.17, 15) is 13.2 Å². The lowest BCUT2D eigenvalue weighted by molar-refractivity contribution is -0.121. The van der Waals surface area contributed by atoms with Crippen LogP contribution in [0.3, 0.4) is 0 Å². The van der Waals surface area contributed by atoms with Crippen molar-refractivity contribution < 1.29 is 13.2 Å². The molecule has 2 saturated heterocycles. The lowest BCUT2D eigenvalue weighted by Gasteiger charge is -2.44. The van der Waals surface area contributed by atoms with Gasteiger partial charge in [-0.15, -0.1) is 0 Å². The first-order chi connectivity index (χ1) is 16.8. The summed E-state index contributed by atoms with van der Waals surface area (Å²) < 4.78 is 27.5. The van der Waals surface area contributed by atoms with Crippen LogP contribution >= 0.6 is 0 Å². The molecule has 0 atom stereocenters. The van der Waals surface area contributed by atoms with E-state index in [0.717, 1.165) is 17.8 Å². The van der Waals surface area contributed by atoms with E-state index in [1.807, 2.05) is 31.2 Å². The standard InChI is InChI=1S/C27H38N4O3S/c1-3-4-5-23-8-12-25(13-9-23)30-18-20-31(21-19-30)35(33,34)27(26(28)32)14-16-29(17-15-27)24-10-6-22(2)7-11-24/h6-13H,3-5,14-21H2,1-2H3,(H2,28,32). The van der Waals surface area contributed by atoms with Gasteiger partial charge in [0.15, 0.2) is 4.75 Å². The van der Waals surface area contributed by atoms with E-state index in [4.69, 9.17) is 5.73 Å². The third kappa shape index (κ3) is 5.19. The fourth-order valence-corrected chi connectivity index (χ4v) is 7.29. The lowest BCUT2D eigenvalue weighted by Crippen LogP contribution is -2.63. The van der Waals surface area contributed by atoms with E-state index >= 15 is 0 Å². The minimum Gasteiger partial charge on any atom is -0.371 e. The molecule has 0 aliphatic carbocycles. The molecule has 2 aromatic rings. The number of primary amides is 1. The number of amides is 1. The summed E-state index contributed by atoms with van der Waals surface area (Å²) in [6, 6.07) is 16.7. The molecule has 1 amide bonds.